The third-order valence-corrected chi connectivity index (χ3v) is 4.37. The predicted molar refractivity (Wildman–Crippen MR) is 101 cm³/mol. The van der Waals surface area contributed by atoms with Gasteiger partial charge in [0.25, 0.3) is 0 Å². The van der Waals surface area contributed by atoms with E-state index in [1.807, 2.05) is 4.90 Å². The fourth-order valence-corrected chi connectivity index (χ4v) is 2.78. The molecule has 0 aromatic heterocycles. The molecule has 1 aliphatic heterocycles. The molecule has 0 bridgehead atoms. The first-order valence-corrected chi connectivity index (χ1v) is 8.61. The van der Waals surface area contributed by atoms with Crippen molar-refractivity contribution in [2.75, 3.05) is 32.8 Å². The average molecular weight is 438 g/mol. The third kappa shape index (κ3) is 4.97. The Morgan fingerprint density at radius 3 is 2.21 bits per heavy atom. The molecule has 0 amide bonds. The molecule has 2 aromatic carbocycles. The van der Waals surface area contributed by atoms with E-state index in [-0.39, 0.29) is 23.2 Å². The number of nitrogens with zero attached hydrogens (tertiary/aromatic N) is 1. The Hall–Kier alpha value is -1.80. The molecule has 3 rings (SSSR count). The molecule has 0 atom stereocenters. The van der Waals surface area contributed by atoms with Gasteiger partial charge in [-0.1, -0.05) is 35.9 Å². The Labute approximate surface area is 170 Å². The molecule has 0 spiro atoms. The third-order valence-electron chi connectivity index (χ3n) is 4.06. The fraction of sp³-hybridized carbons (Fsp3) is 0.263. The van der Waals surface area contributed by atoms with Crippen LogP contribution in [0.5, 0.6) is 11.5 Å². The van der Waals surface area contributed by atoms with E-state index in [4.69, 9.17) is 21.1 Å². The summed E-state index contributed by atoms with van der Waals surface area (Å²) in [5, 5.41) is 0.0478. The molecule has 0 aliphatic carbocycles. The van der Waals surface area contributed by atoms with E-state index in [1.54, 1.807) is 6.07 Å². The molecule has 0 saturated carbocycles. The van der Waals surface area contributed by atoms with Gasteiger partial charge >= 0.3 is 0 Å². The molecular formula is C19H17Cl2F4NO2. The Morgan fingerprint density at radius 1 is 1.00 bits per heavy atom. The maximum absolute atomic E-state index is 14.3. The van der Waals surface area contributed by atoms with Gasteiger partial charge in [-0.2, -0.15) is 8.78 Å². The van der Waals surface area contributed by atoms with E-state index in [0.717, 1.165) is 6.08 Å². The van der Waals surface area contributed by atoms with E-state index in [0.29, 0.717) is 32.8 Å². The molecular weight excluding hydrogens is 421 g/mol. The molecule has 1 saturated heterocycles. The fourth-order valence-electron chi connectivity index (χ4n) is 2.61. The van der Waals surface area contributed by atoms with Gasteiger partial charge in [0, 0.05) is 19.6 Å². The van der Waals surface area contributed by atoms with Crippen LogP contribution in [-0.2, 0) is 4.74 Å². The van der Waals surface area contributed by atoms with E-state index in [9.17, 15) is 17.6 Å². The summed E-state index contributed by atoms with van der Waals surface area (Å²) in [5.41, 5.74) is -0.801. The van der Waals surface area contributed by atoms with Crippen molar-refractivity contribution in [3.63, 3.8) is 0 Å². The molecule has 28 heavy (non-hydrogen) atoms. The molecule has 1 fully saturated rings. The van der Waals surface area contributed by atoms with Gasteiger partial charge < -0.3 is 9.47 Å². The maximum Gasteiger partial charge on any atom is 0.205 e. The highest BCUT2D eigenvalue weighted by atomic mass is 35.5. The second-order valence-corrected chi connectivity index (χ2v) is 6.25. The van der Waals surface area contributed by atoms with Crippen LogP contribution in [0.25, 0.3) is 6.08 Å². The van der Waals surface area contributed by atoms with Gasteiger partial charge in [-0.15, -0.1) is 12.4 Å². The highest BCUT2D eigenvalue weighted by Gasteiger charge is 2.26. The summed E-state index contributed by atoms with van der Waals surface area (Å²) in [6, 6.07) is 5.83. The molecule has 9 heteroatoms. The lowest BCUT2D eigenvalue weighted by Crippen LogP contribution is -2.36. The number of hydrogen-bond donors (Lipinski definition) is 0. The standard InChI is InChI=1S/C19H16ClF4NO2.ClH/c20-13-5-1-2-6-14(13)27-19-17(23)15(21)12(16(22)18(19)24)4-3-7-25-8-10-26-11-9-25;/h1-6H,7-11H2;1H. The second-order valence-electron chi connectivity index (χ2n) is 5.85. The first kappa shape index (κ1) is 22.5. The predicted octanol–water partition coefficient (Wildman–Crippen LogP) is 5.46. The Kier molecular flexibility index (Phi) is 8.12. The molecule has 1 heterocycles. The molecule has 0 N–H and O–H groups in total. The maximum atomic E-state index is 14.3. The van der Waals surface area contributed by atoms with Crippen LogP contribution in [0.4, 0.5) is 17.6 Å². The zero-order valence-corrected chi connectivity index (χ0v) is 16.1. The molecule has 1 aliphatic rings. The topological polar surface area (TPSA) is 21.7 Å². The van der Waals surface area contributed by atoms with Crippen molar-refractivity contribution in [3.8, 4) is 11.5 Å². The zero-order valence-electron chi connectivity index (χ0n) is 14.6. The van der Waals surface area contributed by atoms with Crippen LogP contribution in [0.3, 0.4) is 0 Å². The Balaban J connectivity index is 0.00000280. The van der Waals surface area contributed by atoms with Crippen molar-refractivity contribution in [1.29, 1.82) is 0 Å². The van der Waals surface area contributed by atoms with E-state index in [1.165, 1.54) is 24.3 Å². The lowest BCUT2D eigenvalue weighted by molar-refractivity contribution is 0.0435. The van der Waals surface area contributed by atoms with Crippen LogP contribution in [0.2, 0.25) is 5.02 Å². The zero-order chi connectivity index (χ0) is 19.4. The van der Waals surface area contributed by atoms with Crippen LogP contribution in [0.1, 0.15) is 5.56 Å². The summed E-state index contributed by atoms with van der Waals surface area (Å²) in [6.45, 7) is 2.84. The van der Waals surface area contributed by atoms with Gasteiger partial charge in [-0.25, -0.2) is 8.78 Å². The van der Waals surface area contributed by atoms with Crippen LogP contribution in [0, 0.1) is 23.3 Å². The van der Waals surface area contributed by atoms with Gasteiger partial charge in [0.15, 0.2) is 11.6 Å². The quantitative estimate of drug-likeness (QED) is 0.458. The highest BCUT2D eigenvalue weighted by molar-refractivity contribution is 6.32. The van der Waals surface area contributed by atoms with Gasteiger partial charge in [-0.3, -0.25) is 4.90 Å². The summed E-state index contributed by atoms with van der Waals surface area (Å²) in [4.78, 5) is 1.98. The molecule has 0 unspecified atom stereocenters. The SMILES string of the molecule is Cl.Fc1c(F)c(Oc2ccccc2Cl)c(F)c(F)c1C=CCN1CCOCC1. The summed E-state index contributed by atoms with van der Waals surface area (Å²) < 4.78 is 67.3. The Bertz CT molecular complexity index is 829. The van der Waals surface area contributed by atoms with E-state index < -0.39 is 34.6 Å². The number of hydrogen-bond acceptors (Lipinski definition) is 3. The molecule has 0 radical (unpaired) electrons. The first-order valence-electron chi connectivity index (χ1n) is 8.24. The van der Waals surface area contributed by atoms with Crippen LogP contribution >= 0.6 is 24.0 Å². The summed E-state index contributed by atoms with van der Waals surface area (Å²) in [7, 11) is 0. The summed E-state index contributed by atoms with van der Waals surface area (Å²) in [6.07, 6.45) is 2.46. The second kappa shape index (κ2) is 10.1. The van der Waals surface area contributed by atoms with Crippen LogP contribution < -0.4 is 4.74 Å². The van der Waals surface area contributed by atoms with E-state index in [2.05, 4.69) is 0 Å². The minimum atomic E-state index is -1.63. The summed E-state index contributed by atoms with van der Waals surface area (Å²) >= 11 is 5.85. The minimum Gasteiger partial charge on any atom is -0.449 e. The monoisotopic (exact) mass is 437 g/mol. The van der Waals surface area contributed by atoms with Crippen molar-refractivity contribution in [3.05, 3.63) is 64.2 Å². The summed E-state index contributed by atoms with van der Waals surface area (Å²) in [5.74, 6) is -7.61. The number of ether oxygens (including phenoxy) is 2. The van der Waals surface area contributed by atoms with Crippen molar-refractivity contribution in [2.24, 2.45) is 0 Å². The van der Waals surface area contributed by atoms with Gasteiger partial charge in [0.1, 0.15) is 5.75 Å². The minimum absolute atomic E-state index is 0. The van der Waals surface area contributed by atoms with Crippen molar-refractivity contribution in [2.45, 2.75) is 0 Å². The van der Waals surface area contributed by atoms with Gasteiger partial charge in [0.05, 0.1) is 23.8 Å². The van der Waals surface area contributed by atoms with Gasteiger partial charge in [-0.05, 0) is 12.1 Å². The highest BCUT2D eigenvalue weighted by Crippen LogP contribution is 2.36. The van der Waals surface area contributed by atoms with E-state index >= 15 is 0 Å². The lowest BCUT2D eigenvalue weighted by Gasteiger charge is -2.25. The number of para-hydroxylation sites is 1. The van der Waals surface area contributed by atoms with Crippen molar-refractivity contribution < 1.29 is 27.0 Å². The number of benzene rings is 2. The first-order chi connectivity index (χ1) is 13.0. The molecule has 3 nitrogen and oxygen atoms in total. The normalized spacial score (nSPS) is 14.9. The number of rotatable bonds is 5. The van der Waals surface area contributed by atoms with Crippen LogP contribution in [0.15, 0.2) is 30.3 Å². The molecule has 152 valence electrons. The number of morpholine rings is 1. The average Bonchev–Trinajstić information content (AvgIpc) is 2.68. The largest absolute Gasteiger partial charge is 0.449 e. The van der Waals surface area contributed by atoms with Crippen molar-refractivity contribution >= 4 is 30.1 Å². The smallest absolute Gasteiger partial charge is 0.205 e. The Morgan fingerprint density at radius 2 is 1.61 bits per heavy atom. The van der Waals surface area contributed by atoms with Gasteiger partial charge in [0.2, 0.25) is 17.4 Å². The number of halogens is 6. The van der Waals surface area contributed by atoms with Crippen molar-refractivity contribution in [1.82, 2.24) is 4.90 Å². The molecule has 2 aromatic rings. The lowest BCUT2D eigenvalue weighted by atomic mass is 10.1. The van der Waals surface area contributed by atoms with Crippen LogP contribution in [-0.4, -0.2) is 37.7 Å².